The smallest absolute Gasteiger partial charge is 0.241 e. The first-order chi connectivity index (χ1) is 13.8. The normalized spacial score (nSPS) is 23.8. The standard InChI is InChI=1S/C20H20Cl2N2O4S/c1-28-19-7-6-14(8-16(19)22)24-18-12-29(26,27)11-17(18)23(10-20(24)25)9-13-4-2-3-5-15(13)21/h2-8,17-18H,9-12H2,1H3/t17-,18-/m0/s1. The molecule has 0 saturated carbocycles. The summed E-state index contributed by atoms with van der Waals surface area (Å²) in [4.78, 5) is 16.6. The Kier molecular flexibility index (Phi) is 5.50. The van der Waals surface area contributed by atoms with E-state index in [9.17, 15) is 13.2 Å². The highest BCUT2D eigenvalue weighted by molar-refractivity contribution is 7.91. The SMILES string of the molecule is COc1ccc(N2C(=O)CN(Cc3ccccc3Cl)[C@H]3CS(=O)(=O)C[C@@H]32)cc1Cl. The van der Waals surface area contributed by atoms with Gasteiger partial charge in [0, 0.05) is 23.3 Å². The van der Waals surface area contributed by atoms with Crippen molar-refractivity contribution in [3.8, 4) is 5.75 Å². The summed E-state index contributed by atoms with van der Waals surface area (Å²) < 4.78 is 30.1. The number of amides is 1. The Hall–Kier alpha value is -1.80. The quantitative estimate of drug-likeness (QED) is 0.709. The van der Waals surface area contributed by atoms with Crippen molar-refractivity contribution in [1.29, 1.82) is 0 Å². The predicted octanol–water partition coefficient (Wildman–Crippen LogP) is 3.02. The Morgan fingerprint density at radius 1 is 1.07 bits per heavy atom. The second-order valence-electron chi connectivity index (χ2n) is 7.29. The van der Waals surface area contributed by atoms with Crippen LogP contribution in [0.25, 0.3) is 0 Å². The van der Waals surface area contributed by atoms with E-state index in [0.717, 1.165) is 5.56 Å². The van der Waals surface area contributed by atoms with Gasteiger partial charge in [-0.15, -0.1) is 0 Å². The minimum atomic E-state index is -3.28. The number of rotatable bonds is 4. The summed E-state index contributed by atoms with van der Waals surface area (Å²) in [5.41, 5.74) is 1.44. The second kappa shape index (κ2) is 7.80. The molecule has 2 heterocycles. The molecule has 154 valence electrons. The number of ether oxygens (including phenoxy) is 1. The van der Waals surface area contributed by atoms with Crippen molar-refractivity contribution >= 4 is 44.6 Å². The molecule has 2 aromatic rings. The number of nitrogens with zero attached hydrogens (tertiary/aromatic N) is 2. The van der Waals surface area contributed by atoms with E-state index in [1.807, 2.05) is 23.1 Å². The predicted molar refractivity (Wildman–Crippen MR) is 114 cm³/mol. The zero-order valence-electron chi connectivity index (χ0n) is 15.7. The van der Waals surface area contributed by atoms with Crippen LogP contribution in [0.1, 0.15) is 5.56 Å². The first kappa shape index (κ1) is 20.5. The topological polar surface area (TPSA) is 66.9 Å². The average Bonchev–Trinajstić information content (AvgIpc) is 2.98. The maximum atomic E-state index is 13.1. The second-order valence-corrected chi connectivity index (χ2v) is 10.3. The van der Waals surface area contributed by atoms with Crippen molar-refractivity contribution in [2.24, 2.45) is 0 Å². The Bertz CT molecular complexity index is 1060. The van der Waals surface area contributed by atoms with Crippen molar-refractivity contribution < 1.29 is 17.9 Å². The van der Waals surface area contributed by atoms with Crippen LogP contribution in [-0.2, 0) is 21.2 Å². The minimum absolute atomic E-state index is 0.00971. The molecule has 2 aromatic carbocycles. The van der Waals surface area contributed by atoms with Crippen LogP contribution in [0.5, 0.6) is 5.75 Å². The van der Waals surface area contributed by atoms with Crippen LogP contribution in [-0.4, -0.2) is 56.5 Å². The highest BCUT2D eigenvalue weighted by Crippen LogP contribution is 2.36. The molecule has 0 unspecified atom stereocenters. The average molecular weight is 455 g/mol. The highest BCUT2D eigenvalue weighted by Gasteiger charge is 2.49. The van der Waals surface area contributed by atoms with Crippen LogP contribution in [0.2, 0.25) is 10.0 Å². The molecule has 9 heteroatoms. The van der Waals surface area contributed by atoms with Crippen molar-refractivity contribution in [1.82, 2.24) is 4.90 Å². The molecule has 6 nitrogen and oxygen atoms in total. The van der Waals surface area contributed by atoms with E-state index in [4.69, 9.17) is 27.9 Å². The number of benzene rings is 2. The number of anilines is 1. The molecule has 0 aromatic heterocycles. The molecule has 4 rings (SSSR count). The summed E-state index contributed by atoms with van der Waals surface area (Å²) in [5, 5.41) is 0.968. The van der Waals surface area contributed by atoms with Crippen LogP contribution in [0.3, 0.4) is 0 Å². The summed E-state index contributed by atoms with van der Waals surface area (Å²) in [7, 11) is -1.76. The molecule has 29 heavy (non-hydrogen) atoms. The van der Waals surface area contributed by atoms with Crippen LogP contribution >= 0.6 is 23.2 Å². The lowest BCUT2D eigenvalue weighted by molar-refractivity contribution is -0.123. The molecule has 0 spiro atoms. The fourth-order valence-corrected chi connectivity index (χ4v) is 6.55. The first-order valence-corrected chi connectivity index (χ1v) is 11.7. The van der Waals surface area contributed by atoms with E-state index in [-0.39, 0.29) is 30.0 Å². The molecule has 2 saturated heterocycles. The summed E-state index contributed by atoms with van der Waals surface area (Å²) >= 11 is 12.5. The maximum Gasteiger partial charge on any atom is 0.241 e. The van der Waals surface area contributed by atoms with Crippen LogP contribution in [0.15, 0.2) is 42.5 Å². The van der Waals surface area contributed by atoms with Crippen molar-refractivity contribution in [3.63, 3.8) is 0 Å². The number of piperazine rings is 1. The molecule has 0 aliphatic carbocycles. The van der Waals surface area contributed by atoms with E-state index < -0.39 is 15.9 Å². The zero-order chi connectivity index (χ0) is 20.8. The number of halogens is 2. The minimum Gasteiger partial charge on any atom is -0.495 e. The molecule has 0 radical (unpaired) electrons. The van der Waals surface area contributed by atoms with Crippen LogP contribution < -0.4 is 9.64 Å². The van der Waals surface area contributed by atoms with Gasteiger partial charge in [0.1, 0.15) is 5.75 Å². The number of hydrogen-bond acceptors (Lipinski definition) is 5. The van der Waals surface area contributed by atoms with E-state index in [1.54, 1.807) is 29.2 Å². The lowest BCUT2D eigenvalue weighted by Gasteiger charge is -2.43. The van der Waals surface area contributed by atoms with E-state index in [2.05, 4.69) is 0 Å². The molecule has 2 fully saturated rings. The van der Waals surface area contributed by atoms with Gasteiger partial charge in [0.05, 0.1) is 36.2 Å². The van der Waals surface area contributed by atoms with E-state index in [0.29, 0.717) is 28.0 Å². The molecule has 2 aliphatic heterocycles. The van der Waals surface area contributed by atoms with Gasteiger partial charge in [-0.2, -0.15) is 0 Å². The van der Waals surface area contributed by atoms with Gasteiger partial charge in [0.2, 0.25) is 5.91 Å². The Morgan fingerprint density at radius 2 is 1.79 bits per heavy atom. The van der Waals surface area contributed by atoms with Gasteiger partial charge in [0.25, 0.3) is 0 Å². The molecule has 0 bridgehead atoms. The third kappa shape index (κ3) is 3.97. The van der Waals surface area contributed by atoms with Crippen LogP contribution in [0, 0.1) is 0 Å². The lowest BCUT2D eigenvalue weighted by atomic mass is 10.0. The number of carbonyl (C=O) groups is 1. The largest absolute Gasteiger partial charge is 0.495 e. The molecule has 1 amide bonds. The molecular weight excluding hydrogens is 435 g/mol. The van der Waals surface area contributed by atoms with Crippen molar-refractivity contribution in [3.05, 3.63) is 58.1 Å². The lowest BCUT2D eigenvalue weighted by Crippen LogP contribution is -2.61. The Morgan fingerprint density at radius 3 is 2.48 bits per heavy atom. The van der Waals surface area contributed by atoms with E-state index in [1.165, 1.54) is 7.11 Å². The summed E-state index contributed by atoms with van der Waals surface area (Å²) in [6.07, 6.45) is 0. The Balaban J connectivity index is 1.68. The van der Waals surface area contributed by atoms with Gasteiger partial charge in [-0.25, -0.2) is 8.42 Å². The monoisotopic (exact) mass is 454 g/mol. The number of fused-ring (bicyclic) bond motifs is 1. The summed E-state index contributed by atoms with van der Waals surface area (Å²) in [5.74, 6) is 0.259. The first-order valence-electron chi connectivity index (χ1n) is 9.12. The summed E-state index contributed by atoms with van der Waals surface area (Å²) in [6, 6.07) is 11.7. The number of carbonyl (C=O) groups excluding carboxylic acids is 1. The third-order valence-corrected chi connectivity index (χ3v) is 7.81. The van der Waals surface area contributed by atoms with E-state index >= 15 is 0 Å². The molecular formula is C20H20Cl2N2O4S. The third-order valence-electron chi connectivity index (χ3n) is 5.45. The fourth-order valence-electron chi connectivity index (χ4n) is 4.12. The van der Waals surface area contributed by atoms with Gasteiger partial charge in [0.15, 0.2) is 9.84 Å². The maximum absolute atomic E-state index is 13.1. The van der Waals surface area contributed by atoms with Gasteiger partial charge in [-0.1, -0.05) is 41.4 Å². The van der Waals surface area contributed by atoms with Gasteiger partial charge in [-0.3, -0.25) is 9.69 Å². The molecule has 2 atom stereocenters. The Labute approximate surface area is 179 Å². The van der Waals surface area contributed by atoms with Crippen LogP contribution in [0.4, 0.5) is 5.69 Å². The molecule has 0 N–H and O–H groups in total. The fraction of sp³-hybridized carbons (Fsp3) is 0.350. The number of methoxy groups -OCH3 is 1. The molecule has 2 aliphatic rings. The van der Waals surface area contributed by atoms with Gasteiger partial charge in [-0.05, 0) is 29.8 Å². The number of hydrogen-bond donors (Lipinski definition) is 0. The van der Waals surface area contributed by atoms with Gasteiger partial charge >= 0.3 is 0 Å². The highest BCUT2D eigenvalue weighted by atomic mass is 35.5. The van der Waals surface area contributed by atoms with Crippen molar-refractivity contribution in [2.45, 2.75) is 18.6 Å². The van der Waals surface area contributed by atoms with Gasteiger partial charge < -0.3 is 9.64 Å². The van der Waals surface area contributed by atoms with Crippen molar-refractivity contribution in [2.75, 3.05) is 30.1 Å². The summed E-state index contributed by atoms with van der Waals surface area (Å²) in [6.45, 7) is 0.519. The number of sulfone groups is 1. The zero-order valence-corrected chi connectivity index (χ0v) is 18.0.